The van der Waals surface area contributed by atoms with Gasteiger partial charge in [0.1, 0.15) is 5.82 Å². The monoisotopic (exact) mass is 223 g/mol. The van der Waals surface area contributed by atoms with E-state index in [2.05, 4.69) is 4.90 Å². The van der Waals surface area contributed by atoms with Gasteiger partial charge in [0.2, 0.25) is 0 Å². The van der Waals surface area contributed by atoms with Gasteiger partial charge in [0, 0.05) is 0 Å². The van der Waals surface area contributed by atoms with Crippen LogP contribution in [0.1, 0.15) is 30.9 Å². The molecule has 0 amide bonds. The van der Waals surface area contributed by atoms with E-state index in [1.807, 2.05) is 6.07 Å². The summed E-state index contributed by atoms with van der Waals surface area (Å²) in [6, 6.07) is 6.51. The predicted molar refractivity (Wildman–Crippen MR) is 61.7 cm³/mol. The van der Waals surface area contributed by atoms with Crippen LogP contribution in [0.4, 0.5) is 4.39 Å². The number of benzene rings is 1. The third kappa shape index (κ3) is 2.60. The van der Waals surface area contributed by atoms with Crippen LogP contribution in [0.5, 0.6) is 0 Å². The molecule has 16 heavy (non-hydrogen) atoms. The first kappa shape index (κ1) is 11.6. The summed E-state index contributed by atoms with van der Waals surface area (Å²) in [4.78, 5) is 2.25. The van der Waals surface area contributed by atoms with Gasteiger partial charge in [0.05, 0.1) is 12.6 Å². The highest BCUT2D eigenvalue weighted by Gasteiger charge is 2.21. The Bertz CT molecular complexity index is 336. The second-order valence-electron chi connectivity index (χ2n) is 4.35. The molecule has 1 saturated heterocycles. The molecule has 0 bridgehead atoms. The molecule has 2 nitrogen and oxygen atoms in total. The molecule has 1 aromatic rings. The summed E-state index contributed by atoms with van der Waals surface area (Å²) < 4.78 is 13.1. The van der Waals surface area contributed by atoms with E-state index >= 15 is 0 Å². The molecule has 0 aromatic heterocycles. The Morgan fingerprint density at radius 2 is 2.00 bits per heavy atom. The normalized spacial score (nSPS) is 19.6. The van der Waals surface area contributed by atoms with Crippen molar-refractivity contribution in [1.29, 1.82) is 0 Å². The van der Waals surface area contributed by atoms with Crippen molar-refractivity contribution in [2.24, 2.45) is 0 Å². The number of aliphatic hydroxyl groups is 1. The molecular weight excluding hydrogens is 205 g/mol. The first-order valence-corrected chi connectivity index (χ1v) is 5.91. The first-order valence-electron chi connectivity index (χ1n) is 5.91. The van der Waals surface area contributed by atoms with Gasteiger partial charge in [-0.15, -0.1) is 0 Å². The van der Waals surface area contributed by atoms with Crippen LogP contribution in [0.3, 0.4) is 0 Å². The second-order valence-corrected chi connectivity index (χ2v) is 4.35. The van der Waals surface area contributed by atoms with E-state index in [4.69, 9.17) is 0 Å². The lowest BCUT2D eigenvalue weighted by molar-refractivity contribution is 0.104. The molecule has 0 saturated carbocycles. The van der Waals surface area contributed by atoms with E-state index in [-0.39, 0.29) is 18.5 Å². The van der Waals surface area contributed by atoms with Crippen molar-refractivity contribution in [1.82, 2.24) is 4.90 Å². The van der Waals surface area contributed by atoms with Gasteiger partial charge in [0.25, 0.3) is 0 Å². The summed E-state index contributed by atoms with van der Waals surface area (Å²) in [7, 11) is 0. The SMILES string of the molecule is OC[C@H](c1cccc(F)c1)N1CCCCC1. The number of nitrogens with zero attached hydrogens (tertiary/aromatic N) is 1. The Labute approximate surface area is 95.7 Å². The zero-order valence-corrected chi connectivity index (χ0v) is 9.40. The zero-order chi connectivity index (χ0) is 11.4. The molecule has 1 atom stereocenters. The molecular formula is C13H18FNO. The Morgan fingerprint density at radius 1 is 1.25 bits per heavy atom. The molecule has 88 valence electrons. The van der Waals surface area contributed by atoms with Crippen molar-refractivity contribution < 1.29 is 9.50 Å². The number of aliphatic hydroxyl groups excluding tert-OH is 1. The highest BCUT2D eigenvalue weighted by atomic mass is 19.1. The Hall–Kier alpha value is -0.930. The molecule has 0 aliphatic carbocycles. The van der Waals surface area contributed by atoms with Crippen molar-refractivity contribution in [3.63, 3.8) is 0 Å². The fraction of sp³-hybridized carbons (Fsp3) is 0.538. The van der Waals surface area contributed by atoms with E-state index in [1.54, 1.807) is 6.07 Å². The topological polar surface area (TPSA) is 23.5 Å². The van der Waals surface area contributed by atoms with Crippen LogP contribution in [0.25, 0.3) is 0 Å². The molecule has 0 spiro atoms. The van der Waals surface area contributed by atoms with Crippen molar-refractivity contribution in [2.45, 2.75) is 25.3 Å². The third-order valence-electron chi connectivity index (χ3n) is 3.24. The molecule has 1 aliphatic heterocycles. The largest absolute Gasteiger partial charge is 0.394 e. The lowest BCUT2D eigenvalue weighted by atomic mass is 10.0. The van der Waals surface area contributed by atoms with Crippen LogP contribution < -0.4 is 0 Å². The summed E-state index contributed by atoms with van der Waals surface area (Å²) in [6.07, 6.45) is 3.61. The van der Waals surface area contributed by atoms with E-state index in [1.165, 1.54) is 31.4 Å². The highest BCUT2D eigenvalue weighted by molar-refractivity contribution is 5.20. The third-order valence-corrected chi connectivity index (χ3v) is 3.24. The van der Waals surface area contributed by atoms with E-state index < -0.39 is 0 Å². The van der Waals surface area contributed by atoms with E-state index in [9.17, 15) is 9.50 Å². The maximum atomic E-state index is 13.1. The summed E-state index contributed by atoms with van der Waals surface area (Å²) in [6.45, 7) is 2.06. The molecule has 1 aliphatic rings. The molecule has 0 radical (unpaired) electrons. The number of hydrogen-bond acceptors (Lipinski definition) is 2. The van der Waals surface area contributed by atoms with Gasteiger partial charge in [-0.2, -0.15) is 0 Å². The molecule has 1 heterocycles. The van der Waals surface area contributed by atoms with E-state index in [0.717, 1.165) is 18.7 Å². The molecule has 2 rings (SSSR count). The summed E-state index contributed by atoms with van der Waals surface area (Å²) >= 11 is 0. The van der Waals surface area contributed by atoms with Crippen molar-refractivity contribution in [2.75, 3.05) is 19.7 Å². The van der Waals surface area contributed by atoms with Gasteiger partial charge in [-0.25, -0.2) is 4.39 Å². The van der Waals surface area contributed by atoms with Gasteiger partial charge in [-0.3, -0.25) is 4.90 Å². The molecule has 1 fully saturated rings. The lowest BCUT2D eigenvalue weighted by Crippen LogP contribution is -2.35. The van der Waals surface area contributed by atoms with Crippen molar-refractivity contribution in [3.8, 4) is 0 Å². The molecule has 0 unspecified atom stereocenters. The second kappa shape index (κ2) is 5.41. The molecule has 3 heteroatoms. The van der Waals surface area contributed by atoms with Crippen LogP contribution in [0, 0.1) is 5.82 Å². The summed E-state index contributed by atoms with van der Waals surface area (Å²) in [5.74, 6) is -0.229. The quantitative estimate of drug-likeness (QED) is 0.850. The van der Waals surface area contributed by atoms with Crippen molar-refractivity contribution >= 4 is 0 Å². The van der Waals surface area contributed by atoms with Gasteiger partial charge in [-0.1, -0.05) is 18.6 Å². The minimum atomic E-state index is -0.229. The number of halogens is 1. The van der Waals surface area contributed by atoms with Gasteiger partial charge < -0.3 is 5.11 Å². The Kier molecular flexibility index (Phi) is 3.91. The zero-order valence-electron chi connectivity index (χ0n) is 9.40. The van der Waals surface area contributed by atoms with Crippen LogP contribution in [-0.4, -0.2) is 29.7 Å². The maximum Gasteiger partial charge on any atom is 0.123 e. The molecule has 1 aromatic carbocycles. The minimum absolute atomic E-state index is 0.0454. The van der Waals surface area contributed by atoms with Gasteiger partial charge in [-0.05, 0) is 43.6 Å². The standard InChI is InChI=1S/C13H18FNO/c14-12-6-4-5-11(9-12)13(10-16)15-7-2-1-3-8-15/h4-6,9,13,16H,1-3,7-8,10H2/t13-/m1/s1. The minimum Gasteiger partial charge on any atom is -0.394 e. The van der Waals surface area contributed by atoms with Crippen molar-refractivity contribution in [3.05, 3.63) is 35.6 Å². The number of likely N-dealkylation sites (tertiary alicyclic amines) is 1. The number of piperidine rings is 1. The van der Waals surface area contributed by atoms with Crippen LogP contribution >= 0.6 is 0 Å². The maximum absolute atomic E-state index is 13.1. The van der Waals surface area contributed by atoms with Gasteiger partial charge >= 0.3 is 0 Å². The predicted octanol–water partition coefficient (Wildman–Crippen LogP) is 2.35. The first-order chi connectivity index (χ1) is 7.81. The number of rotatable bonds is 3. The van der Waals surface area contributed by atoms with Crippen LogP contribution in [0.15, 0.2) is 24.3 Å². The smallest absolute Gasteiger partial charge is 0.123 e. The van der Waals surface area contributed by atoms with Gasteiger partial charge in [0.15, 0.2) is 0 Å². The fourth-order valence-electron chi connectivity index (χ4n) is 2.38. The summed E-state index contributed by atoms with van der Waals surface area (Å²) in [5, 5.41) is 9.46. The average molecular weight is 223 g/mol. The molecule has 1 N–H and O–H groups in total. The van der Waals surface area contributed by atoms with Crippen LogP contribution in [-0.2, 0) is 0 Å². The fourth-order valence-corrected chi connectivity index (χ4v) is 2.38. The lowest BCUT2D eigenvalue weighted by Gasteiger charge is -2.33. The number of hydrogen-bond donors (Lipinski definition) is 1. The highest BCUT2D eigenvalue weighted by Crippen LogP contribution is 2.24. The van der Waals surface area contributed by atoms with E-state index in [0.29, 0.717) is 0 Å². The Morgan fingerprint density at radius 3 is 2.62 bits per heavy atom. The average Bonchev–Trinajstić information content (AvgIpc) is 2.31. The summed E-state index contributed by atoms with van der Waals surface area (Å²) in [5.41, 5.74) is 0.879. The van der Waals surface area contributed by atoms with Crippen LogP contribution in [0.2, 0.25) is 0 Å². The Balaban J connectivity index is 2.14.